The average Bonchev–Trinajstić information content (AvgIpc) is 3.12. The number of furan rings is 1. The molecule has 1 atom stereocenters. The second-order valence-electron chi connectivity index (χ2n) is 6.36. The highest BCUT2D eigenvalue weighted by molar-refractivity contribution is 5.84. The summed E-state index contributed by atoms with van der Waals surface area (Å²) in [5, 5.41) is 3.96. The standard InChI is InChI=1S/C22H25NO4/c1-4-26-18-10-6-5-8-16(18)12-13-21(24)23-15(2)20-14-17-9-7-11-19(25-3)22(17)27-20/h5-11,14-15H,4,12-13H2,1-3H3,(H,23,24). The van der Waals surface area contributed by atoms with Gasteiger partial charge in [-0.25, -0.2) is 0 Å². The average molecular weight is 367 g/mol. The van der Waals surface area contributed by atoms with Gasteiger partial charge in [-0.05, 0) is 44.0 Å². The Morgan fingerprint density at radius 2 is 1.93 bits per heavy atom. The number of aryl methyl sites for hydroxylation is 1. The number of ether oxygens (including phenoxy) is 2. The molecule has 1 unspecified atom stereocenters. The van der Waals surface area contributed by atoms with E-state index in [1.807, 2.05) is 62.4 Å². The third-order valence-electron chi connectivity index (χ3n) is 4.45. The van der Waals surface area contributed by atoms with E-state index in [-0.39, 0.29) is 11.9 Å². The highest BCUT2D eigenvalue weighted by atomic mass is 16.5. The van der Waals surface area contributed by atoms with E-state index < -0.39 is 0 Å². The number of fused-ring (bicyclic) bond motifs is 1. The van der Waals surface area contributed by atoms with Gasteiger partial charge in [-0.1, -0.05) is 30.3 Å². The van der Waals surface area contributed by atoms with Gasteiger partial charge in [0, 0.05) is 11.8 Å². The van der Waals surface area contributed by atoms with Crippen LogP contribution in [0.3, 0.4) is 0 Å². The third-order valence-corrected chi connectivity index (χ3v) is 4.45. The van der Waals surface area contributed by atoms with Crippen molar-refractivity contribution in [2.45, 2.75) is 32.7 Å². The number of para-hydroxylation sites is 2. The maximum atomic E-state index is 12.4. The van der Waals surface area contributed by atoms with Crippen molar-refractivity contribution in [1.82, 2.24) is 5.32 Å². The van der Waals surface area contributed by atoms with Crippen LogP contribution >= 0.6 is 0 Å². The van der Waals surface area contributed by atoms with E-state index in [4.69, 9.17) is 13.9 Å². The van der Waals surface area contributed by atoms with Gasteiger partial charge in [0.2, 0.25) is 5.91 Å². The van der Waals surface area contributed by atoms with Gasteiger partial charge in [-0.2, -0.15) is 0 Å². The molecular weight excluding hydrogens is 342 g/mol. The normalized spacial score (nSPS) is 12.0. The molecule has 0 radical (unpaired) electrons. The minimum Gasteiger partial charge on any atom is -0.494 e. The summed E-state index contributed by atoms with van der Waals surface area (Å²) in [4.78, 5) is 12.4. The Hall–Kier alpha value is -2.95. The van der Waals surface area contributed by atoms with Crippen molar-refractivity contribution in [2.24, 2.45) is 0 Å². The maximum absolute atomic E-state index is 12.4. The first-order valence-electron chi connectivity index (χ1n) is 9.19. The zero-order chi connectivity index (χ0) is 19.2. The first kappa shape index (κ1) is 18.8. The SMILES string of the molecule is CCOc1ccccc1CCC(=O)NC(C)c1cc2cccc(OC)c2o1. The smallest absolute Gasteiger partial charge is 0.220 e. The van der Waals surface area contributed by atoms with Crippen LogP contribution in [0.5, 0.6) is 11.5 Å². The van der Waals surface area contributed by atoms with Gasteiger partial charge >= 0.3 is 0 Å². The minimum atomic E-state index is -0.225. The zero-order valence-electron chi connectivity index (χ0n) is 16.0. The summed E-state index contributed by atoms with van der Waals surface area (Å²) in [5.74, 6) is 2.20. The largest absolute Gasteiger partial charge is 0.494 e. The number of amides is 1. The number of carbonyl (C=O) groups is 1. The number of carbonyl (C=O) groups excluding carboxylic acids is 1. The van der Waals surface area contributed by atoms with Crippen LogP contribution < -0.4 is 14.8 Å². The van der Waals surface area contributed by atoms with Crippen LogP contribution in [0.4, 0.5) is 0 Å². The molecule has 0 aliphatic rings. The number of hydrogen-bond donors (Lipinski definition) is 1. The summed E-state index contributed by atoms with van der Waals surface area (Å²) >= 11 is 0. The van der Waals surface area contributed by atoms with Gasteiger partial charge < -0.3 is 19.2 Å². The van der Waals surface area contributed by atoms with Crippen molar-refractivity contribution in [3.05, 3.63) is 59.9 Å². The molecule has 3 aromatic rings. The summed E-state index contributed by atoms with van der Waals surface area (Å²) < 4.78 is 16.9. The van der Waals surface area contributed by atoms with Crippen molar-refractivity contribution in [3.63, 3.8) is 0 Å². The number of nitrogens with one attached hydrogen (secondary N) is 1. The van der Waals surface area contributed by atoms with Crippen LogP contribution in [0.25, 0.3) is 11.0 Å². The second-order valence-corrected chi connectivity index (χ2v) is 6.36. The molecule has 0 fully saturated rings. The molecule has 0 saturated carbocycles. The first-order valence-corrected chi connectivity index (χ1v) is 9.19. The molecule has 1 amide bonds. The zero-order valence-corrected chi connectivity index (χ0v) is 16.0. The fourth-order valence-electron chi connectivity index (χ4n) is 3.07. The van der Waals surface area contributed by atoms with Crippen molar-refractivity contribution in [2.75, 3.05) is 13.7 Å². The Labute approximate surface area is 159 Å². The van der Waals surface area contributed by atoms with Crippen molar-refractivity contribution < 1.29 is 18.7 Å². The molecule has 3 rings (SSSR count). The van der Waals surface area contributed by atoms with Crippen LogP contribution in [-0.2, 0) is 11.2 Å². The number of benzene rings is 2. The van der Waals surface area contributed by atoms with Crippen molar-refractivity contribution in [3.8, 4) is 11.5 Å². The van der Waals surface area contributed by atoms with Gasteiger partial charge in [0.1, 0.15) is 11.5 Å². The minimum absolute atomic E-state index is 0.0266. The summed E-state index contributed by atoms with van der Waals surface area (Å²) in [7, 11) is 1.61. The van der Waals surface area contributed by atoms with Crippen LogP contribution in [0.2, 0.25) is 0 Å². The molecule has 0 bridgehead atoms. The van der Waals surface area contributed by atoms with Gasteiger partial charge in [0.15, 0.2) is 11.3 Å². The maximum Gasteiger partial charge on any atom is 0.220 e. The van der Waals surface area contributed by atoms with E-state index in [0.717, 1.165) is 16.7 Å². The molecule has 142 valence electrons. The lowest BCUT2D eigenvalue weighted by atomic mass is 10.1. The van der Waals surface area contributed by atoms with E-state index in [9.17, 15) is 4.79 Å². The van der Waals surface area contributed by atoms with Gasteiger partial charge in [0.05, 0.1) is 19.8 Å². The Morgan fingerprint density at radius 3 is 2.70 bits per heavy atom. The summed E-state index contributed by atoms with van der Waals surface area (Å²) in [6, 6.07) is 15.3. The van der Waals surface area contributed by atoms with Crippen LogP contribution in [0.1, 0.15) is 37.6 Å². The van der Waals surface area contributed by atoms with Crippen LogP contribution in [-0.4, -0.2) is 19.6 Å². The molecule has 5 nitrogen and oxygen atoms in total. The second kappa shape index (κ2) is 8.62. The van der Waals surface area contributed by atoms with Crippen molar-refractivity contribution >= 4 is 16.9 Å². The van der Waals surface area contributed by atoms with Crippen LogP contribution in [0.15, 0.2) is 52.9 Å². The highest BCUT2D eigenvalue weighted by Gasteiger charge is 2.16. The lowest BCUT2D eigenvalue weighted by molar-refractivity contribution is -0.121. The molecule has 5 heteroatoms. The predicted molar refractivity (Wildman–Crippen MR) is 105 cm³/mol. The van der Waals surface area contributed by atoms with E-state index >= 15 is 0 Å². The first-order chi connectivity index (χ1) is 13.1. The molecule has 0 aliphatic carbocycles. The number of hydrogen-bond acceptors (Lipinski definition) is 4. The molecule has 2 aromatic carbocycles. The van der Waals surface area contributed by atoms with Crippen molar-refractivity contribution in [1.29, 1.82) is 0 Å². The molecule has 1 N–H and O–H groups in total. The Balaban J connectivity index is 1.63. The summed E-state index contributed by atoms with van der Waals surface area (Å²) in [6.07, 6.45) is 1.01. The molecule has 1 aromatic heterocycles. The summed E-state index contributed by atoms with van der Waals surface area (Å²) in [5.41, 5.74) is 1.73. The van der Waals surface area contributed by atoms with E-state index in [1.54, 1.807) is 7.11 Å². The van der Waals surface area contributed by atoms with Crippen LogP contribution in [0, 0.1) is 0 Å². The van der Waals surface area contributed by atoms with Gasteiger partial charge in [-0.15, -0.1) is 0 Å². The monoisotopic (exact) mass is 367 g/mol. The predicted octanol–water partition coefficient (Wildman–Crippen LogP) is 4.65. The van der Waals surface area contributed by atoms with Gasteiger partial charge in [0.25, 0.3) is 0 Å². The van der Waals surface area contributed by atoms with E-state index in [2.05, 4.69) is 5.32 Å². The molecule has 0 saturated heterocycles. The molecule has 0 aliphatic heterocycles. The fraction of sp³-hybridized carbons (Fsp3) is 0.318. The summed E-state index contributed by atoms with van der Waals surface area (Å²) in [6.45, 7) is 4.47. The van der Waals surface area contributed by atoms with E-state index in [0.29, 0.717) is 36.5 Å². The lowest BCUT2D eigenvalue weighted by Crippen LogP contribution is -2.26. The number of rotatable bonds is 8. The fourth-order valence-corrected chi connectivity index (χ4v) is 3.07. The Bertz CT molecular complexity index is 916. The Morgan fingerprint density at radius 1 is 1.15 bits per heavy atom. The quantitative estimate of drug-likeness (QED) is 0.629. The Kier molecular flexibility index (Phi) is 6.01. The molecular formula is C22H25NO4. The molecule has 0 spiro atoms. The molecule has 1 heterocycles. The number of methoxy groups -OCH3 is 1. The molecule has 27 heavy (non-hydrogen) atoms. The van der Waals surface area contributed by atoms with Gasteiger partial charge in [-0.3, -0.25) is 4.79 Å². The van der Waals surface area contributed by atoms with E-state index in [1.165, 1.54) is 0 Å². The highest BCUT2D eigenvalue weighted by Crippen LogP contribution is 2.31. The third kappa shape index (κ3) is 4.42. The topological polar surface area (TPSA) is 60.7 Å². The lowest BCUT2D eigenvalue weighted by Gasteiger charge is -2.13.